The molecule has 0 saturated carbocycles. The molecular formula is C11H20N2OS. The molecule has 0 bridgehead atoms. The van der Waals surface area contributed by atoms with E-state index in [9.17, 15) is 0 Å². The number of hydrogen-bond donors (Lipinski definition) is 1. The summed E-state index contributed by atoms with van der Waals surface area (Å²) in [4.78, 5) is 4.36. The van der Waals surface area contributed by atoms with E-state index in [-0.39, 0.29) is 0 Å². The van der Waals surface area contributed by atoms with Gasteiger partial charge in [0, 0.05) is 25.2 Å². The van der Waals surface area contributed by atoms with Crippen LogP contribution in [0.2, 0.25) is 0 Å². The van der Waals surface area contributed by atoms with Gasteiger partial charge in [0.25, 0.3) is 0 Å². The molecule has 1 heterocycles. The van der Waals surface area contributed by atoms with Gasteiger partial charge in [0.15, 0.2) is 0 Å². The molecule has 0 radical (unpaired) electrons. The van der Waals surface area contributed by atoms with Crippen molar-refractivity contribution in [1.82, 2.24) is 10.3 Å². The Morgan fingerprint density at radius 2 is 2.33 bits per heavy atom. The molecule has 0 aliphatic carbocycles. The van der Waals surface area contributed by atoms with E-state index in [4.69, 9.17) is 4.74 Å². The highest BCUT2D eigenvalue weighted by molar-refractivity contribution is 7.09. The van der Waals surface area contributed by atoms with Gasteiger partial charge in [-0.3, -0.25) is 0 Å². The molecule has 0 aliphatic heterocycles. The zero-order chi connectivity index (χ0) is 11.1. The Kier molecular flexibility index (Phi) is 5.83. The van der Waals surface area contributed by atoms with E-state index < -0.39 is 0 Å². The molecule has 0 fully saturated rings. The molecule has 3 nitrogen and oxygen atoms in total. The maximum Gasteiger partial charge on any atom is 0.109 e. The van der Waals surface area contributed by atoms with Crippen LogP contribution in [-0.4, -0.2) is 25.2 Å². The van der Waals surface area contributed by atoms with Gasteiger partial charge in [-0.05, 0) is 12.3 Å². The lowest BCUT2D eigenvalue weighted by Gasteiger charge is -2.18. The summed E-state index contributed by atoms with van der Waals surface area (Å²) in [6.45, 7) is 6.10. The first-order valence-electron chi connectivity index (χ1n) is 5.35. The summed E-state index contributed by atoms with van der Waals surface area (Å²) >= 11 is 1.72. The van der Waals surface area contributed by atoms with Gasteiger partial charge < -0.3 is 10.1 Å². The maximum atomic E-state index is 5.04. The number of nitrogens with zero attached hydrogens (tertiary/aromatic N) is 1. The minimum absolute atomic E-state index is 0.375. The van der Waals surface area contributed by atoms with Crippen LogP contribution >= 0.6 is 11.3 Å². The maximum absolute atomic E-state index is 5.04. The van der Waals surface area contributed by atoms with Gasteiger partial charge in [0.1, 0.15) is 5.01 Å². The van der Waals surface area contributed by atoms with E-state index in [0.29, 0.717) is 12.0 Å². The average molecular weight is 228 g/mol. The average Bonchev–Trinajstić information content (AvgIpc) is 2.68. The van der Waals surface area contributed by atoms with Crippen molar-refractivity contribution in [3.8, 4) is 0 Å². The Bertz CT molecular complexity index is 249. The first-order chi connectivity index (χ1) is 7.24. The highest BCUT2D eigenvalue weighted by Gasteiger charge is 2.14. The van der Waals surface area contributed by atoms with E-state index in [1.54, 1.807) is 18.4 Å². The lowest BCUT2D eigenvalue weighted by molar-refractivity contribution is 0.194. The summed E-state index contributed by atoms with van der Waals surface area (Å²) in [7, 11) is 1.72. The largest absolute Gasteiger partial charge is 0.383 e. The Morgan fingerprint density at radius 3 is 2.87 bits per heavy atom. The predicted molar refractivity (Wildman–Crippen MR) is 64.2 cm³/mol. The quantitative estimate of drug-likeness (QED) is 0.728. The van der Waals surface area contributed by atoms with Crippen molar-refractivity contribution >= 4 is 11.3 Å². The number of nitrogens with one attached hydrogen (secondary N) is 1. The fourth-order valence-corrected chi connectivity index (χ4v) is 2.21. The molecule has 1 unspecified atom stereocenters. The molecule has 0 spiro atoms. The number of thiazole rings is 1. The third-order valence-electron chi connectivity index (χ3n) is 2.15. The van der Waals surface area contributed by atoms with Gasteiger partial charge in [-0.2, -0.15) is 0 Å². The zero-order valence-corrected chi connectivity index (χ0v) is 10.5. The number of hydrogen-bond acceptors (Lipinski definition) is 4. The van der Waals surface area contributed by atoms with Crippen LogP contribution in [0.25, 0.3) is 0 Å². The van der Waals surface area contributed by atoms with E-state index in [2.05, 4.69) is 24.1 Å². The van der Waals surface area contributed by atoms with Crippen molar-refractivity contribution in [2.45, 2.75) is 26.3 Å². The van der Waals surface area contributed by atoms with Crippen LogP contribution in [-0.2, 0) is 4.74 Å². The minimum Gasteiger partial charge on any atom is -0.383 e. The van der Waals surface area contributed by atoms with Crippen LogP contribution in [0.1, 0.15) is 31.3 Å². The van der Waals surface area contributed by atoms with Gasteiger partial charge in [-0.15, -0.1) is 11.3 Å². The molecule has 0 aliphatic rings. The number of ether oxygens (including phenoxy) is 1. The second-order valence-electron chi connectivity index (χ2n) is 4.00. The molecular weight excluding hydrogens is 208 g/mol. The zero-order valence-electron chi connectivity index (χ0n) is 9.69. The van der Waals surface area contributed by atoms with Crippen molar-refractivity contribution in [1.29, 1.82) is 0 Å². The van der Waals surface area contributed by atoms with Crippen LogP contribution in [0.5, 0.6) is 0 Å². The SMILES string of the molecule is COCCNC(CC(C)C)c1nccs1. The van der Waals surface area contributed by atoms with Crippen LogP contribution in [0.4, 0.5) is 0 Å². The van der Waals surface area contributed by atoms with Gasteiger partial charge in [-0.1, -0.05) is 13.8 Å². The molecule has 1 aromatic rings. The van der Waals surface area contributed by atoms with Crippen LogP contribution in [0.15, 0.2) is 11.6 Å². The first-order valence-corrected chi connectivity index (χ1v) is 6.23. The first kappa shape index (κ1) is 12.6. The number of methoxy groups -OCH3 is 1. The van der Waals surface area contributed by atoms with Crippen LogP contribution < -0.4 is 5.32 Å². The second-order valence-corrected chi connectivity index (χ2v) is 4.93. The Labute approximate surface area is 95.9 Å². The smallest absolute Gasteiger partial charge is 0.109 e. The Morgan fingerprint density at radius 1 is 1.53 bits per heavy atom. The topological polar surface area (TPSA) is 34.1 Å². The molecule has 15 heavy (non-hydrogen) atoms. The molecule has 4 heteroatoms. The van der Waals surface area contributed by atoms with Crippen molar-refractivity contribution in [3.63, 3.8) is 0 Å². The van der Waals surface area contributed by atoms with E-state index in [1.165, 1.54) is 5.01 Å². The Hall–Kier alpha value is -0.450. The van der Waals surface area contributed by atoms with Crippen LogP contribution in [0.3, 0.4) is 0 Å². The summed E-state index contributed by atoms with van der Waals surface area (Å²) in [5, 5.41) is 6.69. The predicted octanol–water partition coefficient (Wildman–Crippen LogP) is 2.47. The van der Waals surface area contributed by atoms with Crippen molar-refractivity contribution in [3.05, 3.63) is 16.6 Å². The monoisotopic (exact) mass is 228 g/mol. The highest BCUT2D eigenvalue weighted by Crippen LogP contribution is 2.22. The van der Waals surface area contributed by atoms with Gasteiger partial charge in [0.05, 0.1) is 12.6 Å². The summed E-state index contributed by atoms with van der Waals surface area (Å²) in [5.41, 5.74) is 0. The highest BCUT2D eigenvalue weighted by atomic mass is 32.1. The van der Waals surface area contributed by atoms with E-state index in [0.717, 1.165) is 19.6 Å². The molecule has 86 valence electrons. The van der Waals surface area contributed by atoms with Crippen molar-refractivity contribution in [2.75, 3.05) is 20.3 Å². The van der Waals surface area contributed by atoms with E-state index >= 15 is 0 Å². The molecule has 0 amide bonds. The third-order valence-corrected chi connectivity index (χ3v) is 3.04. The van der Waals surface area contributed by atoms with Gasteiger partial charge >= 0.3 is 0 Å². The molecule has 1 rings (SSSR count). The van der Waals surface area contributed by atoms with Gasteiger partial charge in [0.2, 0.25) is 0 Å². The number of rotatable bonds is 7. The standard InChI is InChI=1S/C11H20N2OS/c1-9(2)8-10(12-4-6-14-3)11-13-5-7-15-11/h5,7,9-10,12H,4,6,8H2,1-3H3. The summed E-state index contributed by atoms with van der Waals surface area (Å²) in [6.07, 6.45) is 2.99. The third kappa shape index (κ3) is 4.73. The fourth-order valence-electron chi connectivity index (χ4n) is 1.48. The lowest BCUT2D eigenvalue weighted by Crippen LogP contribution is -2.26. The second kappa shape index (κ2) is 6.93. The fraction of sp³-hybridized carbons (Fsp3) is 0.727. The summed E-state index contributed by atoms with van der Waals surface area (Å²) < 4.78 is 5.04. The van der Waals surface area contributed by atoms with Crippen molar-refractivity contribution in [2.24, 2.45) is 5.92 Å². The minimum atomic E-state index is 0.375. The molecule has 1 N–H and O–H groups in total. The summed E-state index contributed by atoms with van der Waals surface area (Å²) in [6, 6.07) is 0.375. The van der Waals surface area contributed by atoms with Crippen molar-refractivity contribution < 1.29 is 4.74 Å². The Balaban J connectivity index is 2.46. The van der Waals surface area contributed by atoms with E-state index in [1.807, 2.05) is 11.6 Å². The summed E-state index contributed by atoms with van der Waals surface area (Å²) in [5.74, 6) is 0.675. The van der Waals surface area contributed by atoms with Gasteiger partial charge in [-0.25, -0.2) is 4.98 Å². The normalized spacial score (nSPS) is 13.3. The molecule has 1 aromatic heterocycles. The lowest BCUT2D eigenvalue weighted by atomic mass is 10.0. The number of aromatic nitrogens is 1. The molecule has 1 atom stereocenters. The van der Waals surface area contributed by atoms with Crippen LogP contribution in [0, 0.1) is 5.92 Å². The molecule has 0 aromatic carbocycles. The molecule has 0 saturated heterocycles.